The van der Waals surface area contributed by atoms with Crippen molar-refractivity contribution in [3.05, 3.63) is 35.4 Å². The van der Waals surface area contributed by atoms with Gasteiger partial charge in [0.25, 0.3) is 0 Å². The molecule has 17 heavy (non-hydrogen) atoms. The van der Waals surface area contributed by atoms with Gasteiger partial charge in [-0.25, -0.2) is 8.78 Å². The molecule has 1 aromatic rings. The van der Waals surface area contributed by atoms with Crippen molar-refractivity contribution in [2.75, 3.05) is 0 Å². The smallest absolute Gasteiger partial charge is 0.169 e. The number of benzene rings is 1. The lowest BCUT2D eigenvalue weighted by molar-refractivity contribution is 0.0879. The molecule has 2 N–H and O–H groups in total. The minimum Gasteiger partial charge on any atom is -0.328 e. The van der Waals surface area contributed by atoms with Crippen LogP contribution in [0.2, 0.25) is 0 Å². The molecule has 1 saturated carbocycles. The van der Waals surface area contributed by atoms with Gasteiger partial charge < -0.3 is 5.73 Å². The second kappa shape index (κ2) is 4.92. The van der Waals surface area contributed by atoms with E-state index < -0.39 is 11.6 Å². The molecule has 0 amide bonds. The fourth-order valence-corrected chi connectivity index (χ4v) is 2.30. The number of hydrogen-bond acceptors (Lipinski definition) is 2. The van der Waals surface area contributed by atoms with Crippen molar-refractivity contribution in [1.82, 2.24) is 0 Å². The first kappa shape index (κ1) is 12.2. The zero-order chi connectivity index (χ0) is 12.4. The molecule has 4 heteroatoms. The van der Waals surface area contributed by atoms with Gasteiger partial charge in [0.15, 0.2) is 17.4 Å². The van der Waals surface area contributed by atoms with Crippen molar-refractivity contribution in [1.29, 1.82) is 0 Å². The first-order valence-electron chi connectivity index (χ1n) is 5.83. The van der Waals surface area contributed by atoms with Crippen LogP contribution in [-0.2, 0) is 0 Å². The Bertz CT molecular complexity index is 425. The Labute approximate surface area is 98.8 Å². The summed E-state index contributed by atoms with van der Waals surface area (Å²) in [5, 5.41) is 0. The van der Waals surface area contributed by atoms with Crippen LogP contribution in [0.25, 0.3) is 0 Å². The summed E-state index contributed by atoms with van der Waals surface area (Å²) in [5.41, 5.74) is 5.61. The molecular weight excluding hydrogens is 224 g/mol. The second-order valence-electron chi connectivity index (χ2n) is 4.58. The average molecular weight is 239 g/mol. The lowest BCUT2D eigenvalue weighted by atomic mass is 9.82. The third kappa shape index (κ3) is 2.52. The largest absolute Gasteiger partial charge is 0.328 e. The maximum Gasteiger partial charge on any atom is 0.169 e. The van der Waals surface area contributed by atoms with E-state index in [1.54, 1.807) is 0 Å². The molecule has 92 valence electrons. The van der Waals surface area contributed by atoms with Crippen molar-refractivity contribution in [3.8, 4) is 0 Å². The van der Waals surface area contributed by atoms with Gasteiger partial charge in [-0.1, -0.05) is 6.07 Å². The number of hydrogen-bond donors (Lipinski definition) is 1. The molecule has 1 aliphatic carbocycles. The fourth-order valence-electron chi connectivity index (χ4n) is 2.30. The lowest BCUT2D eigenvalue weighted by Crippen LogP contribution is -2.30. The molecule has 0 radical (unpaired) electrons. The summed E-state index contributed by atoms with van der Waals surface area (Å²) >= 11 is 0. The molecular formula is C13H15F2NO. The highest BCUT2D eigenvalue weighted by Crippen LogP contribution is 2.27. The molecule has 0 aliphatic heterocycles. The van der Waals surface area contributed by atoms with Crippen LogP contribution in [-0.4, -0.2) is 11.8 Å². The monoisotopic (exact) mass is 239 g/mol. The number of carbonyl (C=O) groups excluding carboxylic acids is 1. The molecule has 0 heterocycles. The van der Waals surface area contributed by atoms with E-state index >= 15 is 0 Å². The van der Waals surface area contributed by atoms with Gasteiger partial charge in [0.2, 0.25) is 0 Å². The highest BCUT2D eigenvalue weighted by molar-refractivity contribution is 5.98. The van der Waals surface area contributed by atoms with Crippen molar-refractivity contribution >= 4 is 5.78 Å². The predicted molar refractivity (Wildman–Crippen MR) is 60.6 cm³/mol. The van der Waals surface area contributed by atoms with E-state index in [0.29, 0.717) is 12.8 Å². The fraction of sp³-hybridized carbons (Fsp3) is 0.462. The SMILES string of the molecule is NC1CCC(C(=O)c2cccc(F)c2F)CC1. The van der Waals surface area contributed by atoms with E-state index in [0.717, 1.165) is 18.9 Å². The standard InChI is InChI=1S/C13H15F2NO/c14-11-3-1-2-10(12(11)15)13(17)8-4-6-9(16)7-5-8/h1-3,8-9H,4-7,16H2. The molecule has 0 unspecified atom stereocenters. The molecule has 2 rings (SSSR count). The van der Waals surface area contributed by atoms with E-state index in [4.69, 9.17) is 5.73 Å². The summed E-state index contributed by atoms with van der Waals surface area (Å²) in [4.78, 5) is 12.0. The Morgan fingerprint density at radius 1 is 1.18 bits per heavy atom. The van der Waals surface area contributed by atoms with Crippen LogP contribution in [0.3, 0.4) is 0 Å². The maximum atomic E-state index is 13.5. The second-order valence-corrected chi connectivity index (χ2v) is 4.58. The van der Waals surface area contributed by atoms with Crippen molar-refractivity contribution in [2.45, 2.75) is 31.7 Å². The Hall–Kier alpha value is -1.29. The predicted octanol–water partition coefficient (Wildman–Crippen LogP) is 2.67. The van der Waals surface area contributed by atoms with Gasteiger partial charge in [0, 0.05) is 12.0 Å². The summed E-state index contributed by atoms with van der Waals surface area (Å²) in [7, 11) is 0. The van der Waals surface area contributed by atoms with Crippen molar-refractivity contribution in [2.24, 2.45) is 11.7 Å². The van der Waals surface area contributed by atoms with Crippen LogP contribution in [0.1, 0.15) is 36.0 Å². The van der Waals surface area contributed by atoms with Gasteiger partial charge in [-0.05, 0) is 37.8 Å². The van der Waals surface area contributed by atoms with Crippen molar-refractivity contribution in [3.63, 3.8) is 0 Å². The third-order valence-electron chi connectivity index (χ3n) is 3.36. The number of Topliss-reactive ketones (excluding diaryl/α,β-unsaturated/α-hetero) is 1. The van der Waals surface area contributed by atoms with Gasteiger partial charge in [0.05, 0.1) is 5.56 Å². The molecule has 0 atom stereocenters. The highest BCUT2D eigenvalue weighted by Gasteiger charge is 2.27. The quantitative estimate of drug-likeness (QED) is 0.806. The molecule has 0 aromatic heterocycles. The molecule has 0 spiro atoms. The Kier molecular flexibility index (Phi) is 3.52. The zero-order valence-corrected chi connectivity index (χ0v) is 9.46. The number of ketones is 1. The van der Waals surface area contributed by atoms with Crippen LogP contribution in [0.15, 0.2) is 18.2 Å². The minimum absolute atomic E-state index is 0.134. The van der Waals surface area contributed by atoms with E-state index in [2.05, 4.69) is 0 Å². The Balaban J connectivity index is 2.17. The van der Waals surface area contributed by atoms with Gasteiger partial charge in [0.1, 0.15) is 0 Å². The van der Waals surface area contributed by atoms with Crippen LogP contribution in [0, 0.1) is 17.6 Å². The topological polar surface area (TPSA) is 43.1 Å². The average Bonchev–Trinajstić information content (AvgIpc) is 2.33. The Morgan fingerprint density at radius 2 is 1.82 bits per heavy atom. The van der Waals surface area contributed by atoms with Crippen molar-refractivity contribution < 1.29 is 13.6 Å². The maximum absolute atomic E-state index is 13.5. The number of rotatable bonds is 2. The number of carbonyl (C=O) groups is 1. The first-order chi connectivity index (χ1) is 8.09. The van der Waals surface area contributed by atoms with Crippen LogP contribution in [0.5, 0.6) is 0 Å². The van der Waals surface area contributed by atoms with Crippen LogP contribution >= 0.6 is 0 Å². The normalized spacial score (nSPS) is 24.6. The molecule has 2 nitrogen and oxygen atoms in total. The summed E-state index contributed by atoms with van der Waals surface area (Å²) in [6.07, 6.45) is 2.87. The summed E-state index contributed by atoms with van der Waals surface area (Å²) < 4.78 is 26.5. The Morgan fingerprint density at radius 3 is 2.47 bits per heavy atom. The van der Waals surface area contributed by atoms with Crippen LogP contribution in [0.4, 0.5) is 8.78 Å². The number of halogens is 2. The highest BCUT2D eigenvalue weighted by atomic mass is 19.2. The van der Waals surface area contributed by atoms with Gasteiger partial charge in [-0.2, -0.15) is 0 Å². The van der Waals surface area contributed by atoms with E-state index in [9.17, 15) is 13.6 Å². The summed E-state index contributed by atoms with van der Waals surface area (Å²) in [6, 6.07) is 3.86. The lowest BCUT2D eigenvalue weighted by Gasteiger charge is -2.25. The van der Waals surface area contributed by atoms with E-state index in [-0.39, 0.29) is 23.3 Å². The van der Waals surface area contributed by atoms with Crippen LogP contribution < -0.4 is 5.73 Å². The summed E-state index contributed by atoms with van der Waals surface area (Å²) in [5.74, 6) is -2.52. The summed E-state index contributed by atoms with van der Waals surface area (Å²) in [6.45, 7) is 0. The molecule has 0 saturated heterocycles. The van der Waals surface area contributed by atoms with Gasteiger partial charge in [-0.15, -0.1) is 0 Å². The molecule has 1 aliphatic rings. The van der Waals surface area contributed by atoms with E-state index in [1.807, 2.05) is 0 Å². The molecule has 1 fully saturated rings. The zero-order valence-electron chi connectivity index (χ0n) is 9.46. The molecule has 1 aromatic carbocycles. The van der Waals surface area contributed by atoms with Gasteiger partial charge >= 0.3 is 0 Å². The first-order valence-corrected chi connectivity index (χ1v) is 5.83. The third-order valence-corrected chi connectivity index (χ3v) is 3.36. The van der Waals surface area contributed by atoms with E-state index in [1.165, 1.54) is 12.1 Å². The minimum atomic E-state index is -1.03. The number of nitrogens with two attached hydrogens (primary N) is 1. The molecule has 0 bridgehead atoms. The van der Waals surface area contributed by atoms with Gasteiger partial charge in [-0.3, -0.25) is 4.79 Å².